The van der Waals surface area contributed by atoms with Gasteiger partial charge in [-0.25, -0.2) is 8.78 Å². The number of halogens is 2. The Morgan fingerprint density at radius 2 is 2.00 bits per heavy atom. The highest BCUT2D eigenvalue weighted by Gasteiger charge is 2.40. The molecule has 1 aliphatic carbocycles. The summed E-state index contributed by atoms with van der Waals surface area (Å²) in [7, 11) is 0. The second-order valence-corrected chi connectivity index (χ2v) is 4.89. The molecule has 0 aromatic heterocycles. The number of amides is 1. The monoisotopic (exact) mass is 254 g/mol. The summed E-state index contributed by atoms with van der Waals surface area (Å²) in [5.41, 5.74) is 5.65. The SMILES string of the molecule is CCC1(CNC(=O)c2cc(F)c(F)cc2N)CC1. The highest BCUT2D eigenvalue weighted by atomic mass is 19.2. The fourth-order valence-electron chi connectivity index (χ4n) is 1.95. The first-order chi connectivity index (χ1) is 8.47. The number of nitrogen functional groups attached to an aromatic ring is 1. The molecule has 1 amide bonds. The molecule has 5 heteroatoms. The van der Waals surface area contributed by atoms with E-state index in [1.807, 2.05) is 0 Å². The summed E-state index contributed by atoms with van der Waals surface area (Å²) in [4.78, 5) is 11.8. The fraction of sp³-hybridized carbons (Fsp3) is 0.462. The molecule has 1 aromatic carbocycles. The van der Waals surface area contributed by atoms with Gasteiger partial charge in [0.25, 0.3) is 5.91 Å². The Morgan fingerprint density at radius 3 is 2.56 bits per heavy atom. The van der Waals surface area contributed by atoms with Crippen LogP contribution in [0.3, 0.4) is 0 Å². The van der Waals surface area contributed by atoms with Gasteiger partial charge >= 0.3 is 0 Å². The summed E-state index contributed by atoms with van der Waals surface area (Å²) >= 11 is 0. The average Bonchev–Trinajstić information content (AvgIpc) is 3.11. The van der Waals surface area contributed by atoms with E-state index in [0.717, 1.165) is 31.4 Å². The summed E-state index contributed by atoms with van der Waals surface area (Å²) in [5, 5.41) is 2.73. The van der Waals surface area contributed by atoms with Crippen LogP contribution in [0.15, 0.2) is 12.1 Å². The molecule has 3 nitrogen and oxygen atoms in total. The predicted molar refractivity (Wildman–Crippen MR) is 65.1 cm³/mol. The van der Waals surface area contributed by atoms with Crippen LogP contribution in [-0.2, 0) is 0 Å². The van der Waals surface area contributed by atoms with Gasteiger partial charge in [0.2, 0.25) is 0 Å². The molecule has 0 saturated heterocycles. The molecule has 0 atom stereocenters. The Kier molecular flexibility index (Phi) is 3.24. The zero-order valence-corrected chi connectivity index (χ0v) is 10.2. The van der Waals surface area contributed by atoms with Crippen LogP contribution in [0.4, 0.5) is 14.5 Å². The lowest BCUT2D eigenvalue weighted by atomic mass is 10.0. The van der Waals surface area contributed by atoms with Crippen LogP contribution >= 0.6 is 0 Å². The Labute approximate surface area is 104 Å². The summed E-state index contributed by atoms with van der Waals surface area (Å²) in [6, 6.07) is 1.67. The number of nitrogens with one attached hydrogen (secondary N) is 1. The number of rotatable bonds is 4. The molecule has 1 aromatic rings. The quantitative estimate of drug-likeness (QED) is 0.811. The van der Waals surface area contributed by atoms with Crippen molar-refractivity contribution in [3.8, 4) is 0 Å². The largest absolute Gasteiger partial charge is 0.398 e. The van der Waals surface area contributed by atoms with Crippen molar-refractivity contribution in [3.05, 3.63) is 29.3 Å². The molecule has 0 unspecified atom stereocenters. The van der Waals surface area contributed by atoms with E-state index in [2.05, 4.69) is 12.2 Å². The van der Waals surface area contributed by atoms with Gasteiger partial charge in [0.1, 0.15) is 0 Å². The van der Waals surface area contributed by atoms with Crippen LogP contribution in [0.5, 0.6) is 0 Å². The molecule has 18 heavy (non-hydrogen) atoms. The standard InChI is InChI=1S/C13H16F2N2O/c1-2-13(3-4-13)7-17-12(18)8-5-9(14)10(15)6-11(8)16/h5-6H,2-4,7,16H2,1H3,(H,17,18). The smallest absolute Gasteiger partial charge is 0.253 e. The molecule has 3 N–H and O–H groups in total. The minimum absolute atomic E-state index is 0.0131. The van der Waals surface area contributed by atoms with Gasteiger partial charge in [-0.05, 0) is 30.7 Å². The molecule has 0 heterocycles. The van der Waals surface area contributed by atoms with Gasteiger partial charge in [0, 0.05) is 18.3 Å². The lowest BCUT2D eigenvalue weighted by Gasteiger charge is -2.14. The van der Waals surface area contributed by atoms with Gasteiger partial charge in [-0.1, -0.05) is 6.92 Å². The maximum Gasteiger partial charge on any atom is 0.253 e. The van der Waals surface area contributed by atoms with Crippen LogP contribution in [0, 0.1) is 17.0 Å². The Morgan fingerprint density at radius 1 is 1.39 bits per heavy atom. The lowest BCUT2D eigenvalue weighted by molar-refractivity contribution is 0.0944. The van der Waals surface area contributed by atoms with Crippen molar-refractivity contribution in [2.24, 2.45) is 5.41 Å². The Hall–Kier alpha value is -1.65. The molecule has 0 spiro atoms. The van der Waals surface area contributed by atoms with Crippen LogP contribution in [0.25, 0.3) is 0 Å². The third-order valence-electron chi connectivity index (χ3n) is 3.67. The topological polar surface area (TPSA) is 55.1 Å². The van der Waals surface area contributed by atoms with Crippen molar-refractivity contribution in [3.63, 3.8) is 0 Å². The van der Waals surface area contributed by atoms with Crippen LogP contribution in [0.2, 0.25) is 0 Å². The van der Waals surface area contributed by atoms with Gasteiger partial charge in [0.05, 0.1) is 5.56 Å². The van der Waals surface area contributed by atoms with Crippen molar-refractivity contribution in [1.82, 2.24) is 5.32 Å². The van der Waals surface area contributed by atoms with E-state index in [1.54, 1.807) is 0 Å². The summed E-state index contributed by atoms with van der Waals surface area (Å²) in [6.07, 6.45) is 3.19. The van der Waals surface area contributed by atoms with E-state index in [9.17, 15) is 13.6 Å². The fourth-order valence-corrected chi connectivity index (χ4v) is 1.95. The van der Waals surface area contributed by atoms with E-state index in [0.29, 0.717) is 6.54 Å². The van der Waals surface area contributed by atoms with Crippen molar-refractivity contribution < 1.29 is 13.6 Å². The van der Waals surface area contributed by atoms with Crippen molar-refractivity contribution >= 4 is 11.6 Å². The summed E-state index contributed by atoms with van der Waals surface area (Å²) in [6.45, 7) is 2.63. The van der Waals surface area contributed by atoms with E-state index < -0.39 is 17.5 Å². The van der Waals surface area contributed by atoms with Crippen molar-refractivity contribution in [2.45, 2.75) is 26.2 Å². The number of carbonyl (C=O) groups is 1. The molecule has 0 bridgehead atoms. The summed E-state index contributed by atoms with van der Waals surface area (Å²) < 4.78 is 25.9. The summed E-state index contributed by atoms with van der Waals surface area (Å²) in [5.74, 6) is -2.56. The van der Waals surface area contributed by atoms with Crippen LogP contribution in [0.1, 0.15) is 36.5 Å². The Bertz CT molecular complexity index is 484. The number of benzene rings is 1. The van der Waals surface area contributed by atoms with E-state index >= 15 is 0 Å². The number of carbonyl (C=O) groups excluding carboxylic acids is 1. The first-order valence-electron chi connectivity index (χ1n) is 6.00. The third kappa shape index (κ3) is 2.44. The molecule has 2 rings (SSSR count). The maximum absolute atomic E-state index is 13.1. The normalized spacial score (nSPS) is 16.4. The minimum Gasteiger partial charge on any atom is -0.398 e. The van der Waals surface area contributed by atoms with Crippen LogP contribution in [-0.4, -0.2) is 12.5 Å². The molecular weight excluding hydrogens is 238 g/mol. The molecule has 0 aliphatic heterocycles. The zero-order valence-electron chi connectivity index (χ0n) is 10.2. The zero-order chi connectivity index (χ0) is 13.3. The number of hydrogen-bond donors (Lipinski definition) is 2. The molecule has 1 aliphatic rings. The van der Waals surface area contributed by atoms with Gasteiger partial charge in [-0.3, -0.25) is 4.79 Å². The second kappa shape index (κ2) is 4.55. The van der Waals surface area contributed by atoms with E-state index in [1.165, 1.54) is 0 Å². The molecular formula is C13H16F2N2O. The highest BCUT2D eigenvalue weighted by Crippen LogP contribution is 2.47. The third-order valence-corrected chi connectivity index (χ3v) is 3.67. The van der Waals surface area contributed by atoms with Gasteiger partial charge in [-0.15, -0.1) is 0 Å². The van der Waals surface area contributed by atoms with Crippen molar-refractivity contribution in [2.75, 3.05) is 12.3 Å². The van der Waals surface area contributed by atoms with E-state index in [-0.39, 0.29) is 16.7 Å². The maximum atomic E-state index is 13.1. The average molecular weight is 254 g/mol. The van der Waals surface area contributed by atoms with Gasteiger partial charge < -0.3 is 11.1 Å². The lowest BCUT2D eigenvalue weighted by Crippen LogP contribution is -2.30. The molecule has 1 saturated carbocycles. The minimum atomic E-state index is -1.06. The molecule has 1 fully saturated rings. The number of nitrogens with two attached hydrogens (primary N) is 1. The predicted octanol–water partition coefficient (Wildman–Crippen LogP) is 2.47. The van der Waals surface area contributed by atoms with Crippen LogP contribution < -0.4 is 11.1 Å². The Balaban J connectivity index is 2.07. The van der Waals surface area contributed by atoms with E-state index in [4.69, 9.17) is 5.73 Å². The second-order valence-electron chi connectivity index (χ2n) is 4.89. The first-order valence-corrected chi connectivity index (χ1v) is 6.00. The highest BCUT2D eigenvalue weighted by molar-refractivity contribution is 5.99. The van der Waals surface area contributed by atoms with Gasteiger partial charge in [-0.2, -0.15) is 0 Å². The number of hydrogen-bond acceptors (Lipinski definition) is 2. The van der Waals surface area contributed by atoms with Gasteiger partial charge in [0.15, 0.2) is 11.6 Å². The molecule has 0 radical (unpaired) electrons. The molecule has 98 valence electrons. The van der Waals surface area contributed by atoms with Crippen molar-refractivity contribution in [1.29, 1.82) is 0 Å². The first kappa shape index (κ1) is 12.8. The number of anilines is 1.